The van der Waals surface area contributed by atoms with E-state index in [2.05, 4.69) is 58.9 Å². The Morgan fingerprint density at radius 2 is 2.05 bits per heavy atom. The number of nitrogens with zero attached hydrogens (tertiary/aromatic N) is 4. The van der Waals surface area contributed by atoms with Gasteiger partial charge in [0.15, 0.2) is 5.65 Å². The van der Waals surface area contributed by atoms with Crippen molar-refractivity contribution in [2.24, 2.45) is 0 Å². The van der Waals surface area contributed by atoms with Gasteiger partial charge < -0.3 is 5.32 Å². The van der Waals surface area contributed by atoms with E-state index in [1.165, 1.54) is 18.4 Å². The Labute approximate surface area is 123 Å². The molecule has 1 aliphatic carbocycles. The second kappa shape index (κ2) is 4.41. The third kappa shape index (κ3) is 2.04. The van der Waals surface area contributed by atoms with E-state index in [0.717, 1.165) is 28.3 Å². The molecule has 0 atom stereocenters. The summed E-state index contributed by atoms with van der Waals surface area (Å²) in [6, 6.07) is 6.84. The highest BCUT2D eigenvalue weighted by molar-refractivity contribution is 5.93. The zero-order valence-corrected chi connectivity index (χ0v) is 12.6. The first-order chi connectivity index (χ1) is 10.1. The van der Waals surface area contributed by atoms with Gasteiger partial charge in [0.1, 0.15) is 5.82 Å². The fourth-order valence-corrected chi connectivity index (χ4v) is 2.65. The Kier molecular flexibility index (Phi) is 2.64. The SMILES string of the molecule is Cc1ccc2nc(NC3CC3)n3c(C(C)C)nnc3c2c1. The van der Waals surface area contributed by atoms with Crippen molar-refractivity contribution in [2.75, 3.05) is 5.32 Å². The van der Waals surface area contributed by atoms with Gasteiger partial charge in [0.05, 0.1) is 5.52 Å². The van der Waals surface area contributed by atoms with Gasteiger partial charge in [0.25, 0.3) is 0 Å². The molecule has 5 nitrogen and oxygen atoms in total. The summed E-state index contributed by atoms with van der Waals surface area (Å²) in [5, 5.41) is 13.4. The summed E-state index contributed by atoms with van der Waals surface area (Å²) >= 11 is 0. The number of nitrogens with one attached hydrogen (secondary N) is 1. The first kappa shape index (κ1) is 12.6. The molecule has 2 aromatic heterocycles. The molecule has 1 saturated carbocycles. The monoisotopic (exact) mass is 281 g/mol. The van der Waals surface area contributed by atoms with E-state index in [1.807, 2.05) is 0 Å². The highest BCUT2D eigenvalue weighted by Gasteiger charge is 2.24. The van der Waals surface area contributed by atoms with Crippen LogP contribution in [0.15, 0.2) is 18.2 Å². The van der Waals surface area contributed by atoms with Crippen LogP contribution in [-0.2, 0) is 0 Å². The fourth-order valence-electron chi connectivity index (χ4n) is 2.65. The molecule has 21 heavy (non-hydrogen) atoms. The molecule has 0 unspecified atom stereocenters. The summed E-state index contributed by atoms with van der Waals surface area (Å²) in [6.45, 7) is 6.36. The maximum Gasteiger partial charge on any atom is 0.211 e. The second-order valence-corrected chi connectivity index (χ2v) is 6.25. The lowest BCUT2D eigenvalue weighted by atomic mass is 10.1. The summed E-state index contributed by atoms with van der Waals surface area (Å²) in [7, 11) is 0. The first-order valence-corrected chi connectivity index (χ1v) is 7.55. The van der Waals surface area contributed by atoms with Gasteiger partial charge in [-0.3, -0.25) is 0 Å². The van der Waals surface area contributed by atoms with Crippen LogP contribution in [0.4, 0.5) is 5.95 Å². The number of hydrogen-bond acceptors (Lipinski definition) is 4. The molecule has 2 heterocycles. The second-order valence-electron chi connectivity index (χ2n) is 6.25. The fraction of sp³-hybridized carbons (Fsp3) is 0.438. The Bertz CT molecular complexity index is 829. The molecule has 0 radical (unpaired) electrons. The summed E-state index contributed by atoms with van der Waals surface area (Å²) in [6.07, 6.45) is 2.43. The van der Waals surface area contributed by atoms with Crippen LogP contribution >= 0.6 is 0 Å². The van der Waals surface area contributed by atoms with Gasteiger partial charge in [-0.1, -0.05) is 25.5 Å². The molecule has 0 spiro atoms. The van der Waals surface area contributed by atoms with Crippen LogP contribution in [0, 0.1) is 6.92 Å². The number of rotatable bonds is 3. The predicted molar refractivity (Wildman–Crippen MR) is 83.8 cm³/mol. The van der Waals surface area contributed by atoms with Crippen LogP contribution in [0.5, 0.6) is 0 Å². The minimum absolute atomic E-state index is 0.309. The molecule has 1 N–H and O–H groups in total. The third-order valence-electron chi connectivity index (χ3n) is 3.95. The zero-order valence-electron chi connectivity index (χ0n) is 12.6. The van der Waals surface area contributed by atoms with Crippen LogP contribution in [0.3, 0.4) is 0 Å². The van der Waals surface area contributed by atoms with E-state index in [9.17, 15) is 0 Å². The molecule has 108 valence electrons. The van der Waals surface area contributed by atoms with E-state index in [0.29, 0.717) is 12.0 Å². The standard InChI is InChI=1S/C16H19N5/c1-9(2)14-19-20-15-12-8-10(3)4-7-13(12)18-16(21(14)15)17-11-5-6-11/h4,7-9,11H,5-6H2,1-3H3,(H,17,18). The number of anilines is 1. The molecule has 3 aromatic rings. The van der Waals surface area contributed by atoms with Gasteiger partial charge >= 0.3 is 0 Å². The number of fused-ring (bicyclic) bond motifs is 3. The lowest BCUT2D eigenvalue weighted by Gasteiger charge is -2.12. The average molecular weight is 281 g/mol. The van der Waals surface area contributed by atoms with Gasteiger partial charge in [-0.15, -0.1) is 10.2 Å². The Morgan fingerprint density at radius 3 is 2.76 bits per heavy atom. The lowest BCUT2D eigenvalue weighted by Crippen LogP contribution is -2.11. The molecule has 0 bridgehead atoms. The van der Waals surface area contributed by atoms with E-state index in [-0.39, 0.29) is 0 Å². The maximum absolute atomic E-state index is 4.81. The van der Waals surface area contributed by atoms with Crippen molar-refractivity contribution < 1.29 is 0 Å². The van der Waals surface area contributed by atoms with E-state index >= 15 is 0 Å². The first-order valence-electron chi connectivity index (χ1n) is 7.55. The van der Waals surface area contributed by atoms with Gasteiger partial charge in [0.2, 0.25) is 5.95 Å². The molecular weight excluding hydrogens is 262 g/mol. The van der Waals surface area contributed by atoms with Crippen molar-refractivity contribution in [3.8, 4) is 0 Å². The van der Waals surface area contributed by atoms with Gasteiger partial charge in [-0.2, -0.15) is 0 Å². The van der Waals surface area contributed by atoms with Gasteiger partial charge in [0, 0.05) is 17.3 Å². The molecule has 1 aromatic carbocycles. The highest BCUT2D eigenvalue weighted by atomic mass is 15.3. The smallest absolute Gasteiger partial charge is 0.211 e. The Morgan fingerprint density at radius 1 is 1.24 bits per heavy atom. The van der Waals surface area contributed by atoms with Gasteiger partial charge in [-0.25, -0.2) is 9.38 Å². The Balaban J connectivity index is 2.06. The van der Waals surface area contributed by atoms with E-state index < -0.39 is 0 Å². The molecule has 0 aliphatic heterocycles. The van der Waals surface area contributed by atoms with Crippen molar-refractivity contribution in [3.05, 3.63) is 29.6 Å². The van der Waals surface area contributed by atoms with Crippen LogP contribution < -0.4 is 5.32 Å². The van der Waals surface area contributed by atoms with Crippen molar-refractivity contribution in [3.63, 3.8) is 0 Å². The molecule has 1 aliphatic rings. The number of benzene rings is 1. The molecule has 0 saturated heterocycles. The number of aryl methyl sites for hydroxylation is 1. The minimum atomic E-state index is 0.309. The van der Waals surface area contributed by atoms with Crippen LogP contribution in [-0.4, -0.2) is 25.6 Å². The normalized spacial score (nSPS) is 15.2. The largest absolute Gasteiger partial charge is 0.353 e. The van der Waals surface area contributed by atoms with Crippen molar-refractivity contribution in [1.29, 1.82) is 0 Å². The maximum atomic E-state index is 4.81. The summed E-state index contributed by atoms with van der Waals surface area (Å²) < 4.78 is 2.09. The third-order valence-corrected chi connectivity index (χ3v) is 3.95. The van der Waals surface area contributed by atoms with Crippen LogP contribution in [0.1, 0.15) is 44.0 Å². The molecule has 0 amide bonds. The van der Waals surface area contributed by atoms with Crippen molar-refractivity contribution >= 4 is 22.5 Å². The van der Waals surface area contributed by atoms with Gasteiger partial charge in [-0.05, 0) is 31.9 Å². The van der Waals surface area contributed by atoms with Crippen molar-refractivity contribution in [1.82, 2.24) is 19.6 Å². The van der Waals surface area contributed by atoms with Crippen LogP contribution in [0.25, 0.3) is 16.6 Å². The molecule has 4 rings (SSSR count). The van der Waals surface area contributed by atoms with E-state index in [4.69, 9.17) is 4.98 Å². The van der Waals surface area contributed by atoms with E-state index in [1.54, 1.807) is 0 Å². The molecule has 5 heteroatoms. The highest BCUT2D eigenvalue weighted by Crippen LogP contribution is 2.29. The minimum Gasteiger partial charge on any atom is -0.353 e. The van der Waals surface area contributed by atoms with Crippen molar-refractivity contribution in [2.45, 2.75) is 45.6 Å². The summed E-state index contributed by atoms with van der Waals surface area (Å²) in [5.74, 6) is 2.14. The topological polar surface area (TPSA) is 55.1 Å². The van der Waals surface area contributed by atoms with Crippen LogP contribution in [0.2, 0.25) is 0 Å². The summed E-state index contributed by atoms with van der Waals surface area (Å²) in [5.41, 5.74) is 3.08. The number of aromatic nitrogens is 4. The predicted octanol–water partition coefficient (Wildman–Crippen LogP) is 3.28. The molecular formula is C16H19N5. The lowest BCUT2D eigenvalue weighted by molar-refractivity contribution is 0.756. The molecule has 1 fully saturated rings. The number of hydrogen-bond donors (Lipinski definition) is 1. The zero-order chi connectivity index (χ0) is 14.6. The Hall–Kier alpha value is -2.17. The quantitative estimate of drug-likeness (QED) is 0.800. The average Bonchev–Trinajstić information content (AvgIpc) is 3.14. The summed E-state index contributed by atoms with van der Waals surface area (Å²) in [4.78, 5) is 4.81.